The molecule has 2 aromatic rings. The van der Waals surface area contributed by atoms with Crippen molar-refractivity contribution in [1.82, 2.24) is 0 Å². The second-order valence-electron chi connectivity index (χ2n) is 8.86. The summed E-state index contributed by atoms with van der Waals surface area (Å²) in [5.41, 5.74) is 4.10. The number of sulfone groups is 1. The molecule has 2 bridgehead atoms. The highest BCUT2D eigenvalue weighted by molar-refractivity contribution is 7.92. The molecule has 0 radical (unpaired) electrons. The van der Waals surface area contributed by atoms with Gasteiger partial charge in [-0.1, -0.05) is 0 Å². The zero-order chi connectivity index (χ0) is 24.1. The average Bonchev–Trinajstić information content (AvgIpc) is 3.05. The van der Waals surface area contributed by atoms with E-state index in [-0.39, 0.29) is 46.5 Å². The lowest BCUT2D eigenvalue weighted by molar-refractivity contribution is -0.0597. The number of benzene rings is 2. The summed E-state index contributed by atoms with van der Waals surface area (Å²) in [6.45, 7) is -0.449. The van der Waals surface area contributed by atoms with E-state index < -0.39 is 50.7 Å². The Kier molecular flexibility index (Phi) is 5.92. The number of fused-ring (bicyclic) bond motifs is 2. The van der Waals surface area contributed by atoms with Crippen LogP contribution >= 0.6 is 0 Å². The number of amides is 1. The smallest absolute Gasteiger partial charge is 0.255 e. The predicted molar refractivity (Wildman–Crippen MR) is 114 cm³/mol. The lowest BCUT2D eigenvalue weighted by Crippen LogP contribution is -2.48. The minimum Gasteiger partial charge on any atom is -0.398 e. The normalized spacial score (nSPS) is 26.9. The highest BCUT2D eigenvalue weighted by Crippen LogP contribution is 2.51. The van der Waals surface area contributed by atoms with Crippen LogP contribution < -0.4 is 11.1 Å². The van der Waals surface area contributed by atoms with Gasteiger partial charge >= 0.3 is 0 Å². The molecule has 1 amide bonds. The van der Waals surface area contributed by atoms with Crippen molar-refractivity contribution in [3.05, 3.63) is 53.3 Å². The molecule has 33 heavy (non-hydrogen) atoms. The molecular weight excluding hydrogens is 461 g/mol. The van der Waals surface area contributed by atoms with Crippen molar-refractivity contribution in [2.45, 2.75) is 41.4 Å². The molecule has 0 saturated heterocycles. The summed E-state index contributed by atoms with van der Waals surface area (Å²) in [5.74, 6) is -6.24. The van der Waals surface area contributed by atoms with Crippen molar-refractivity contribution in [2.75, 3.05) is 17.7 Å². The predicted octanol–water partition coefficient (Wildman–Crippen LogP) is 2.62. The molecule has 2 aliphatic rings. The van der Waals surface area contributed by atoms with Gasteiger partial charge in [-0.2, -0.15) is 0 Å². The van der Waals surface area contributed by atoms with E-state index >= 15 is 0 Å². The van der Waals surface area contributed by atoms with E-state index in [1.807, 2.05) is 0 Å². The van der Waals surface area contributed by atoms with E-state index in [0.29, 0.717) is 25.0 Å². The van der Waals surface area contributed by atoms with Crippen LogP contribution in [0.3, 0.4) is 0 Å². The first kappa shape index (κ1) is 23.5. The van der Waals surface area contributed by atoms with Crippen LogP contribution in [0.4, 0.5) is 24.5 Å². The Balaban J connectivity index is 1.63. The van der Waals surface area contributed by atoms with Gasteiger partial charge in [0, 0.05) is 23.4 Å². The fourth-order valence-electron chi connectivity index (χ4n) is 5.17. The van der Waals surface area contributed by atoms with Gasteiger partial charge in [-0.25, -0.2) is 21.6 Å². The highest BCUT2D eigenvalue weighted by atomic mass is 32.2. The van der Waals surface area contributed by atoms with Gasteiger partial charge in [-0.3, -0.25) is 4.79 Å². The minimum atomic E-state index is -4.00. The molecular formula is C22H23F3N2O5S. The number of hydrogen-bond acceptors (Lipinski definition) is 6. The molecule has 0 heterocycles. The van der Waals surface area contributed by atoms with Crippen LogP contribution in [-0.4, -0.2) is 42.0 Å². The molecule has 4 rings (SSSR count). The Labute approximate surface area is 188 Å². The number of hydrogen-bond donors (Lipinski definition) is 4. The lowest BCUT2D eigenvalue weighted by Gasteiger charge is -2.39. The molecule has 5 N–H and O–H groups in total. The van der Waals surface area contributed by atoms with Crippen molar-refractivity contribution in [1.29, 1.82) is 0 Å². The maximum absolute atomic E-state index is 13.5. The first-order valence-electron chi connectivity index (χ1n) is 10.4. The van der Waals surface area contributed by atoms with Crippen molar-refractivity contribution >= 4 is 27.1 Å². The van der Waals surface area contributed by atoms with E-state index in [1.165, 1.54) is 12.1 Å². The fourth-order valence-corrected chi connectivity index (χ4v) is 7.63. The molecule has 0 spiro atoms. The van der Waals surface area contributed by atoms with E-state index in [0.717, 1.165) is 6.07 Å². The molecule has 7 nitrogen and oxygen atoms in total. The summed E-state index contributed by atoms with van der Waals surface area (Å²) < 4.78 is 67.1. The zero-order valence-corrected chi connectivity index (χ0v) is 18.2. The molecule has 11 heteroatoms. The average molecular weight is 484 g/mol. The quantitative estimate of drug-likeness (QED) is 0.381. The Morgan fingerprint density at radius 3 is 2.21 bits per heavy atom. The molecule has 2 atom stereocenters. The van der Waals surface area contributed by atoms with Gasteiger partial charge in [-0.15, -0.1) is 0 Å². The Morgan fingerprint density at radius 2 is 1.67 bits per heavy atom. The van der Waals surface area contributed by atoms with Crippen LogP contribution in [0.5, 0.6) is 0 Å². The van der Waals surface area contributed by atoms with Gasteiger partial charge in [0.2, 0.25) is 0 Å². The van der Waals surface area contributed by atoms with Gasteiger partial charge in [-0.05, 0) is 55.7 Å². The van der Waals surface area contributed by atoms with Crippen LogP contribution in [0, 0.1) is 29.3 Å². The van der Waals surface area contributed by atoms with Crippen LogP contribution in [0.15, 0.2) is 35.2 Å². The SMILES string of the molecule is Nc1ccc(C(=O)Nc2cc(F)c(F)c(F)c2)cc1S(=O)(=O)[C@H]1C2CCC1C[C@](O)(CO)C2. The maximum Gasteiger partial charge on any atom is 0.255 e. The molecule has 2 saturated carbocycles. The second-order valence-corrected chi connectivity index (χ2v) is 10.9. The molecule has 0 aromatic heterocycles. The second kappa shape index (κ2) is 8.30. The number of aliphatic hydroxyl groups excluding tert-OH is 1. The molecule has 2 aliphatic carbocycles. The highest BCUT2D eigenvalue weighted by Gasteiger charge is 2.54. The Hall–Kier alpha value is -2.63. The largest absolute Gasteiger partial charge is 0.398 e. The number of carbonyl (C=O) groups excluding carboxylic acids is 1. The number of anilines is 2. The summed E-state index contributed by atoms with van der Waals surface area (Å²) in [7, 11) is -4.00. The minimum absolute atomic E-state index is 0.0622. The summed E-state index contributed by atoms with van der Waals surface area (Å²) in [5, 5.41) is 21.4. The van der Waals surface area contributed by atoms with Crippen LogP contribution in [0.1, 0.15) is 36.0 Å². The maximum atomic E-state index is 13.5. The molecule has 2 aromatic carbocycles. The summed E-state index contributed by atoms with van der Waals surface area (Å²) in [6, 6.07) is 4.82. The van der Waals surface area contributed by atoms with E-state index in [2.05, 4.69) is 5.32 Å². The van der Waals surface area contributed by atoms with Crippen molar-refractivity contribution < 1.29 is 36.6 Å². The van der Waals surface area contributed by atoms with Gasteiger partial charge in [0.1, 0.15) is 0 Å². The van der Waals surface area contributed by atoms with Gasteiger partial charge in [0.05, 0.1) is 28.0 Å². The number of rotatable bonds is 5. The summed E-state index contributed by atoms with van der Waals surface area (Å²) in [6.07, 6.45) is 1.45. The third kappa shape index (κ3) is 4.20. The first-order chi connectivity index (χ1) is 15.4. The number of nitrogens with one attached hydrogen (secondary N) is 1. The topological polar surface area (TPSA) is 130 Å². The number of halogens is 3. The van der Waals surface area contributed by atoms with E-state index in [4.69, 9.17) is 5.73 Å². The van der Waals surface area contributed by atoms with Crippen molar-refractivity contribution in [2.24, 2.45) is 11.8 Å². The monoisotopic (exact) mass is 484 g/mol. The van der Waals surface area contributed by atoms with Crippen molar-refractivity contribution in [3.63, 3.8) is 0 Å². The number of carbonyl (C=O) groups is 1. The zero-order valence-electron chi connectivity index (χ0n) is 17.4. The fraction of sp³-hybridized carbons (Fsp3) is 0.409. The molecule has 2 unspecified atom stereocenters. The van der Waals surface area contributed by atoms with Gasteiger partial charge in [0.15, 0.2) is 27.3 Å². The number of nitrogens with two attached hydrogens (primary N) is 1. The molecule has 0 aliphatic heterocycles. The number of nitrogen functional groups attached to an aromatic ring is 1. The third-order valence-corrected chi connectivity index (χ3v) is 9.05. The first-order valence-corrected chi connectivity index (χ1v) is 11.9. The van der Waals surface area contributed by atoms with Gasteiger partial charge < -0.3 is 21.3 Å². The van der Waals surface area contributed by atoms with Crippen LogP contribution in [0.25, 0.3) is 0 Å². The Morgan fingerprint density at radius 1 is 1.09 bits per heavy atom. The van der Waals surface area contributed by atoms with E-state index in [9.17, 15) is 36.6 Å². The summed E-state index contributed by atoms with van der Waals surface area (Å²) in [4.78, 5) is 12.4. The Bertz CT molecular complexity index is 1180. The van der Waals surface area contributed by atoms with E-state index in [1.54, 1.807) is 0 Å². The summed E-state index contributed by atoms with van der Waals surface area (Å²) >= 11 is 0. The lowest BCUT2D eigenvalue weighted by atomic mass is 9.77. The standard InChI is InChI=1S/C22H23F3N2O5S/c23-15-6-14(7-16(24)19(15)25)27-21(29)11-3-4-17(26)18(5-11)33(31,32)20-12-1-2-13(20)9-22(30,8-12)10-28/h3-7,12-13,20,28,30H,1-2,8-10,26H2,(H,27,29)/t12?,13?,20-,22-. The van der Waals surface area contributed by atoms with Crippen molar-refractivity contribution in [3.8, 4) is 0 Å². The number of aliphatic hydroxyl groups is 2. The van der Waals surface area contributed by atoms with Crippen LogP contribution in [-0.2, 0) is 9.84 Å². The molecule has 178 valence electrons. The van der Waals surface area contributed by atoms with Crippen LogP contribution in [0.2, 0.25) is 0 Å². The van der Waals surface area contributed by atoms with Gasteiger partial charge in [0.25, 0.3) is 5.91 Å². The third-order valence-electron chi connectivity index (χ3n) is 6.60. The molecule has 2 fully saturated rings.